The highest BCUT2D eigenvalue weighted by Crippen LogP contribution is 2.21. The van der Waals surface area contributed by atoms with Crippen LogP contribution < -0.4 is 5.32 Å². The molecule has 0 fully saturated rings. The Bertz CT molecular complexity index is 291. The molecule has 0 aliphatic carbocycles. The highest BCUT2D eigenvalue weighted by molar-refractivity contribution is 7.98. The molecular weight excluding hydrogens is 226 g/mol. The minimum atomic E-state index is 0.334. The predicted molar refractivity (Wildman–Crippen MR) is 70.9 cm³/mol. The molecule has 1 rings (SSSR count). The summed E-state index contributed by atoms with van der Waals surface area (Å²) < 4.78 is 0. The van der Waals surface area contributed by atoms with Crippen LogP contribution in [0.5, 0.6) is 0 Å². The monoisotopic (exact) mass is 243 g/mol. The summed E-state index contributed by atoms with van der Waals surface area (Å²) in [6.07, 6.45) is 3.34. The first-order chi connectivity index (χ1) is 7.25. The van der Waals surface area contributed by atoms with Crippen molar-refractivity contribution in [2.45, 2.75) is 19.4 Å². The van der Waals surface area contributed by atoms with E-state index in [-0.39, 0.29) is 0 Å². The Balaban J connectivity index is 2.40. The standard InChI is InChI=1S/C12H18ClNS/c1-10(14-8-5-9-15-2)11-6-3-4-7-12(11)13/h3-4,6-7,10,14H,5,8-9H2,1-2H3/t10-/m0/s1. The summed E-state index contributed by atoms with van der Waals surface area (Å²) in [4.78, 5) is 0. The van der Waals surface area contributed by atoms with Gasteiger partial charge in [-0.25, -0.2) is 0 Å². The SMILES string of the molecule is CSCCCN[C@@H](C)c1ccccc1Cl. The summed E-state index contributed by atoms with van der Waals surface area (Å²) in [5.41, 5.74) is 1.18. The van der Waals surface area contributed by atoms with E-state index in [1.807, 2.05) is 30.0 Å². The van der Waals surface area contributed by atoms with E-state index >= 15 is 0 Å². The van der Waals surface area contributed by atoms with Gasteiger partial charge in [-0.1, -0.05) is 29.8 Å². The van der Waals surface area contributed by atoms with Gasteiger partial charge in [0, 0.05) is 11.1 Å². The average Bonchev–Trinajstić information content (AvgIpc) is 2.25. The van der Waals surface area contributed by atoms with Crippen LogP contribution in [0.3, 0.4) is 0 Å². The van der Waals surface area contributed by atoms with E-state index in [0.717, 1.165) is 11.6 Å². The maximum absolute atomic E-state index is 6.12. The van der Waals surface area contributed by atoms with Crippen LogP contribution >= 0.6 is 23.4 Å². The van der Waals surface area contributed by atoms with Crippen LogP contribution in [-0.2, 0) is 0 Å². The maximum atomic E-state index is 6.12. The number of hydrogen-bond acceptors (Lipinski definition) is 2. The minimum Gasteiger partial charge on any atom is -0.310 e. The van der Waals surface area contributed by atoms with Crippen LogP contribution in [0.2, 0.25) is 5.02 Å². The fourth-order valence-corrected chi connectivity index (χ4v) is 2.20. The average molecular weight is 244 g/mol. The van der Waals surface area contributed by atoms with Gasteiger partial charge >= 0.3 is 0 Å². The second-order valence-electron chi connectivity index (χ2n) is 3.54. The first-order valence-corrected chi connectivity index (χ1v) is 6.99. The molecule has 0 bridgehead atoms. The second-order valence-corrected chi connectivity index (χ2v) is 4.94. The molecule has 0 radical (unpaired) electrons. The number of thioether (sulfide) groups is 1. The van der Waals surface area contributed by atoms with Crippen LogP contribution in [0.15, 0.2) is 24.3 Å². The smallest absolute Gasteiger partial charge is 0.0453 e. The highest BCUT2D eigenvalue weighted by Gasteiger charge is 2.07. The summed E-state index contributed by atoms with van der Waals surface area (Å²) in [5, 5.41) is 4.33. The predicted octanol–water partition coefficient (Wildman–Crippen LogP) is 3.74. The van der Waals surface area contributed by atoms with E-state index in [0.29, 0.717) is 6.04 Å². The van der Waals surface area contributed by atoms with E-state index in [4.69, 9.17) is 11.6 Å². The van der Waals surface area contributed by atoms with Crippen molar-refractivity contribution >= 4 is 23.4 Å². The van der Waals surface area contributed by atoms with Crippen molar-refractivity contribution < 1.29 is 0 Å². The van der Waals surface area contributed by atoms with E-state index in [1.54, 1.807) is 0 Å². The van der Waals surface area contributed by atoms with E-state index in [2.05, 4.69) is 24.6 Å². The Morgan fingerprint density at radius 2 is 2.13 bits per heavy atom. The topological polar surface area (TPSA) is 12.0 Å². The number of hydrogen-bond donors (Lipinski definition) is 1. The van der Waals surface area contributed by atoms with E-state index < -0.39 is 0 Å². The molecule has 1 nitrogen and oxygen atoms in total. The summed E-state index contributed by atoms with van der Waals surface area (Å²) in [6, 6.07) is 8.35. The lowest BCUT2D eigenvalue weighted by Gasteiger charge is -2.15. The molecule has 84 valence electrons. The van der Waals surface area contributed by atoms with Crippen LogP contribution in [-0.4, -0.2) is 18.6 Å². The maximum Gasteiger partial charge on any atom is 0.0453 e. The molecule has 1 aromatic rings. The molecule has 0 heterocycles. The van der Waals surface area contributed by atoms with Crippen molar-refractivity contribution in [3.05, 3.63) is 34.9 Å². The molecule has 1 N–H and O–H groups in total. The molecule has 1 aromatic carbocycles. The van der Waals surface area contributed by atoms with Gasteiger partial charge in [0.2, 0.25) is 0 Å². The third-order valence-corrected chi connectivity index (χ3v) is 3.39. The van der Waals surface area contributed by atoms with Crippen molar-refractivity contribution in [2.75, 3.05) is 18.6 Å². The van der Waals surface area contributed by atoms with Crippen molar-refractivity contribution in [2.24, 2.45) is 0 Å². The zero-order valence-corrected chi connectivity index (χ0v) is 10.9. The van der Waals surface area contributed by atoms with Crippen molar-refractivity contribution in [3.8, 4) is 0 Å². The van der Waals surface area contributed by atoms with Gasteiger partial charge < -0.3 is 5.32 Å². The van der Waals surface area contributed by atoms with E-state index in [9.17, 15) is 0 Å². The van der Waals surface area contributed by atoms with Crippen molar-refractivity contribution in [1.29, 1.82) is 0 Å². The van der Waals surface area contributed by atoms with Gasteiger partial charge in [0.1, 0.15) is 0 Å². The van der Waals surface area contributed by atoms with Crippen molar-refractivity contribution in [3.63, 3.8) is 0 Å². The van der Waals surface area contributed by atoms with Gasteiger partial charge in [-0.15, -0.1) is 0 Å². The summed E-state index contributed by atoms with van der Waals surface area (Å²) >= 11 is 8.00. The molecule has 0 spiro atoms. The second kappa shape index (κ2) is 7.15. The zero-order chi connectivity index (χ0) is 11.1. The molecule has 0 saturated heterocycles. The summed E-state index contributed by atoms with van der Waals surface area (Å²) in [6.45, 7) is 3.20. The van der Waals surface area contributed by atoms with Crippen LogP contribution in [0.1, 0.15) is 24.9 Å². The number of rotatable bonds is 6. The van der Waals surface area contributed by atoms with Gasteiger partial charge in [0.25, 0.3) is 0 Å². The van der Waals surface area contributed by atoms with Crippen LogP contribution in [0, 0.1) is 0 Å². The third kappa shape index (κ3) is 4.45. The van der Waals surface area contributed by atoms with E-state index in [1.165, 1.54) is 17.7 Å². The quantitative estimate of drug-likeness (QED) is 0.764. The lowest BCUT2D eigenvalue weighted by Crippen LogP contribution is -2.20. The number of halogens is 1. The van der Waals surface area contributed by atoms with Crippen LogP contribution in [0.25, 0.3) is 0 Å². The normalized spacial score (nSPS) is 12.7. The molecule has 0 aliphatic rings. The molecular formula is C12H18ClNS. The molecule has 1 atom stereocenters. The Morgan fingerprint density at radius 3 is 2.80 bits per heavy atom. The highest BCUT2D eigenvalue weighted by atomic mass is 35.5. The molecule has 15 heavy (non-hydrogen) atoms. The van der Waals surface area contributed by atoms with Gasteiger partial charge in [-0.3, -0.25) is 0 Å². The Hall–Kier alpha value is -0.180. The Kier molecular flexibility index (Phi) is 6.15. The molecule has 0 unspecified atom stereocenters. The molecule has 0 saturated carbocycles. The summed E-state index contributed by atoms with van der Waals surface area (Å²) in [7, 11) is 0. The molecule has 0 aromatic heterocycles. The van der Waals surface area contributed by atoms with Gasteiger partial charge in [0.05, 0.1) is 0 Å². The first kappa shape index (κ1) is 12.9. The first-order valence-electron chi connectivity index (χ1n) is 5.22. The molecule has 0 aliphatic heterocycles. The Labute approximate surface area is 102 Å². The zero-order valence-electron chi connectivity index (χ0n) is 9.29. The van der Waals surface area contributed by atoms with Crippen molar-refractivity contribution in [1.82, 2.24) is 5.32 Å². The third-order valence-electron chi connectivity index (χ3n) is 2.35. The van der Waals surface area contributed by atoms with Crippen LogP contribution in [0.4, 0.5) is 0 Å². The fraction of sp³-hybridized carbons (Fsp3) is 0.500. The summed E-state index contributed by atoms with van der Waals surface area (Å²) in [5.74, 6) is 1.21. The minimum absolute atomic E-state index is 0.334. The number of nitrogens with one attached hydrogen (secondary N) is 1. The molecule has 0 amide bonds. The number of benzene rings is 1. The van der Waals surface area contributed by atoms with Gasteiger partial charge in [0.15, 0.2) is 0 Å². The lowest BCUT2D eigenvalue weighted by atomic mass is 10.1. The van der Waals surface area contributed by atoms with Gasteiger partial charge in [-0.2, -0.15) is 11.8 Å². The van der Waals surface area contributed by atoms with Gasteiger partial charge in [-0.05, 0) is 43.5 Å². The fourth-order valence-electron chi connectivity index (χ4n) is 1.47. The largest absolute Gasteiger partial charge is 0.310 e. The lowest BCUT2D eigenvalue weighted by molar-refractivity contribution is 0.573. The molecule has 3 heteroatoms. The Morgan fingerprint density at radius 1 is 1.40 bits per heavy atom.